The predicted molar refractivity (Wildman–Crippen MR) is 128 cm³/mol. The normalized spacial score (nSPS) is 8.83. The molecule has 0 atom stereocenters. The van der Waals surface area contributed by atoms with Gasteiger partial charge in [0.25, 0.3) is 0 Å². The maximum atomic E-state index is 10.6. The zero-order chi connectivity index (χ0) is 19.4. The minimum absolute atomic E-state index is 0. The van der Waals surface area contributed by atoms with Crippen LogP contribution in [0.2, 0.25) is 0 Å². The first-order valence-corrected chi connectivity index (χ1v) is 9.95. The predicted octanol–water partition coefficient (Wildman–Crippen LogP) is 6.05. The number of benzene rings is 2. The monoisotopic (exact) mass is 419 g/mol. The Hall–Kier alpha value is -2.73. The average Bonchev–Trinajstić information content (AvgIpc) is 2.59. The molecule has 5 nitrogen and oxygen atoms in total. The van der Waals surface area contributed by atoms with Crippen molar-refractivity contribution in [3.8, 4) is 0 Å². The van der Waals surface area contributed by atoms with E-state index >= 15 is 0 Å². The lowest BCUT2D eigenvalue weighted by atomic mass is 10.2. The summed E-state index contributed by atoms with van der Waals surface area (Å²) in [6.45, 7) is 6.28. The van der Waals surface area contributed by atoms with Crippen LogP contribution in [0.4, 0.5) is 5.95 Å². The zero-order valence-corrected chi connectivity index (χ0v) is 16.4. The fourth-order valence-corrected chi connectivity index (χ4v) is 2.13. The maximum Gasteiger partial charge on any atom is 0.236 e. The van der Waals surface area contributed by atoms with E-state index in [9.17, 15) is 8.42 Å². The smallest absolute Gasteiger partial charge is 0.236 e. The lowest BCUT2D eigenvalue weighted by Gasteiger charge is -1.98. The quantitative estimate of drug-likeness (QED) is 0.548. The van der Waals surface area contributed by atoms with Crippen molar-refractivity contribution in [2.45, 2.75) is 43.1 Å². The number of aromatic nitrogens is 2. The van der Waals surface area contributed by atoms with E-state index in [1.54, 1.807) is 6.07 Å². The van der Waals surface area contributed by atoms with Gasteiger partial charge >= 0.3 is 0 Å². The third-order valence-corrected chi connectivity index (χ3v) is 3.55. The number of nitrogens with one attached hydrogen (secondary N) is 1. The van der Waals surface area contributed by atoms with Gasteiger partial charge in [-0.2, -0.15) is 0 Å². The molecule has 0 aliphatic rings. The number of hydrogen-bond acceptors (Lipinski definition) is 4. The molecule has 0 spiro atoms. The third-order valence-electron chi connectivity index (χ3n) is 3.00. The standard InChI is InChI=1S/C8H10.C7H8.C5H7N3O2S.3CH4/c1-7-3-5-8(2)6-4-7;1-7-5-3-2-4-6-7;1-11(9,10)8-5-6-3-2-4-7-5;;;/h3-6H,1-2H3;2-6H,1H3;2-4H,1H3,(H,6,7,8);3*1H4. The van der Waals surface area contributed by atoms with Crippen molar-refractivity contribution in [3.05, 3.63) is 89.7 Å². The molecular weight excluding hydrogens is 382 g/mol. The van der Waals surface area contributed by atoms with Crippen LogP contribution in [0.3, 0.4) is 0 Å². The molecule has 3 rings (SSSR count). The van der Waals surface area contributed by atoms with Gasteiger partial charge in [0.15, 0.2) is 0 Å². The molecule has 1 heterocycles. The molecule has 0 amide bonds. The molecule has 0 aliphatic carbocycles. The van der Waals surface area contributed by atoms with Crippen LogP contribution in [-0.2, 0) is 10.0 Å². The summed E-state index contributed by atoms with van der Waals surface area (Å²) in [6, 6.07) is 20.3. The van der Waals surface area contributed by atoms with Crippen molar-refractivity contribution in [2.24, 2.45) is 0 Å². The molecule has 29 heavy (non-hydrogen) atoms. The highest BCUT2D eigenvalue weighted by molar-refractivity contribution is 7.91. The summed E-state index contributed by atoms with van der Waals surface area (Å²) >= 11 is 0. The third kappa shape index (κ3) is 17.1. The minimum Gasteiger partial charge on any atom is -0.251 e. The maximum absolute atomic E-state index is 10.6. The van der Waals surface area contributed by atoms with E-state index in [1.165, 1.54) is 29.1 Å². The van der Waals surface area contributed by atoms with Gasteiger partial charge in [0.2, 0.25) is 16.0 Å². The first kappa shape index (κ1) is 31.0. The highest BCUT2D eigenvalue weighted by Crippen LogP contribution is 1.99. The van der Waals surface area contributed by atoms with Gasteiger partial charge in [-0.1, -0.05) is 93.6 Å². The summed E-state index contributed by atoms with van der Waals surface area (Å²) in [5.41, 5.74) is 3.98. The SMILES string of the molecule is C.C.C.CS(=O)(=O)Nc1ncccn1.Cc1ccc(C)cc1.Cc1ccccc1. The van der Waals surface area contributed by atoms with E-state index in [4.69, 9.17) is 0 Å². The topological polar surface area (TPSA) is 72.0 Å². The summed E-state index contributed by atoms with van der Waals surface area (Å²) in [4.78, 5) is 7.33. The van der Waals surface area contributed by atoms with Crippen LogP contribution in [-0.4, -0.2) is 24.6 Å². The zero-order valence-electron chi connectivity index (χ0n) is 15.5. The van der Waals surface area contributed by atoms with Crippen LogP contribution in [0, 0.1) is 20.8 Å². The van der Waals surface area contributed by atoms with Gasteiger partial charge < -0.3 is 0 Å². The largest absolute Gasteiger partial charge is 0.251 e. The Morgan fingerprint density at radius 2 is 1.03 bits per heavy atom. The summed E-state index contributed by atoms with van der Waals surface area (Å²) in [5.74, 6) is 0.0926. The van der Waals surface area contributed by atoms with Gasteiger partial charge in [0, 0.05) is 12.4 Å². The second kappa shape index (κ2) is 16.2. The Bertz CT molecular complexity index is 831. The van der Waals surface area contributed by atoms with Gasteiger partial charge in [-0.05, 0) is 26.8 Å². The molecule has 1 aromatic heterocycles. The van der Waals surface area contributed by atoms with Crippen LogP contribution < -0.4 is 4.72 Å². The van der Waals surface area contributed by atoms with Crippen molar-refractivity contribution in [1.82, 2.24) is 9.97 Å². The van der Waals surface area contributed by atoms with Crippen LogP contribution in [0.25, 0.3) is 0 Å². The number of sulfonamides is 1. The first-order chi connectivity index (χ1) is 12.3. The Kier molecular flexibility index (Phi) is 17.4. The van der Waals surface area contributed by atoms with Crippen molar-refractivity contribution in [1.29, 1.82) is 0 Å². The van der Waals surface area contributed by atoms with Gasteiger partial charge in [0.1, 0.15) is 0 Å². The van der Waals surface area contributed by atoms with E-state index in [0.29, 0.717) is 0 Å². The Morgan fingerprint density at radius 3 is 1.34 bits per heavy atom. The molecule has 162 valence electrons. The van der Waals surface area contributed by atoms with Gasteiger partial charge in [-0.3, -0.25) is 4.72 Å². The number of aryl methyl sites for hydroxylation is 3. The minimum atomic E-state index is -3.25. The molecule has 0 bridgehead atoms. The molecule has 3 aromatic rings. The molecule has 0 radical (unpaired) electrons. The summed E-state index contributed by atoms with van der Waals surface area (Å²) in [7, 11) is -3.25. The number of rotatable bonds is 2. The van der Waals surface area contributed by atoms with E-state index in [1.807, 2.05) is 18.2 Å². The van der Waals surface area contributed by atoms with Crippen molar-refractivity contribution >= 4 is 16.0 Å². The van der Waals surface area contributed by atoms with E-state index in [2.05, 4.69) is 71.9 Å². The fourth-order valence-electron chi connectivity index (χ4n) is 1.69. The molecule has 0 fully saturated rings. The summed E-state index contributed by atoms with van der Waals surface area (Å²) in [5, 5.41) is 0. The molecule has 0 saturated carbocycles. The highest BCUT2D eigenvalue weighted by atomic mass is 32.2. The van der Waals surface area contributed by atoms with Crippen molar-refractivity contribution in [3.63, 3.8) is 0 Å². The van der Waals surface area contributed by atoms with Crippen LogP contribution in [0.15, 0.2) is 73.1 Å². The summed E-state index contributed by atoms with van der Waals surface area (Å²) in [6.07, 6.45) is 3.96. The molecule has 1 N–H and O–H groups in total. The second-order valence-electron chi connectivity index (χ2n) is 5.76. The average molecular weight is 420 g/mol. The lowest BCUT2D eigenvalue weighted by Crippen LogP contribution is -2.11. The Morgan fingerprint density at radius 1 is 0.655 bits per heavy atom. The van der Waals surface area contributed by atoms with E-state index in [-0.39, 0.29) is 28.2 Å². The fraction of sp³-hybridized carbons (Fsp3) is 0.304. The summed E-state index contributed by atoms with van der Waals surface area (Å²) < 4.78 is 23.4. The molecule has 2 aromatic carbocycles. The number of nitrogens with zero attached hydrogens (tertiary/aromatic N) is 2. The van der Waals surface area contributed by atoms with E-state index < -0.39 is 10.0 Å². The Labute approximate surface area is 178 Å². The van der Waals surface area contributed by atoms with Crippen LogP contribution in [0.1, 0.15) is 39.0 Å². The molecule has 6 heteroatoms. The number of hydrogen-bond donors (Lipinski definition) is 1. The molecule has 0 saturated heterocycles. The van der Waals surface area contributed by atoms with Crippen LogP contribution in [0.5, 0.6) is 0 Å². The van der Waals surface area contributed by atoms with Crippen molar-refractivity contribution < 1.29 is 8.42 Å². The lowest BCUT2D eigenvalue weighted by molar-refractivity contribution is 0.606. The van der Waals surface area contributed by atoms with Crippen LogP contribution >= 0.6 is 0 Å². The van der Waals surface area contributed by atoms with Crippen molar-refractivity contribution in [2.75, 3.05) is 11.0 Å². The first-order valence-electron chi connectivity index (χ1n) is 8.06. The van der Waals surface area contributed by atoms with Gasteiger partial charge in [-0.25, -0.2) is 18.4 Å². The second-order valence-corrected chi connectivity index (χ2v) is 7.50. The van der Waals surface area contributed by atoms with Gasteiger partial charge in [-0.15, -0.1) is 0 Å². The number of anilines is 1. The molecule has 0 unspecified atom stereocenters. The van der Waals surface area contributed by atoms with E-state index in [0.717, 1.165) is 6.26 Å². The molecule has 0 aliphatic heterocycles. The Balaban J connectivity index is -0.000000341. The molecular formula is C23H37N3O2S. The van der Waals surface area contributed by atoms with Gasteiger partial charge in [0.05, 0.1) is 6.26 Å². The highest BCUT2D eigenvalue weighted by Gasteiger charge is 2.01.